The Hall–Kier alpha value is -0.740. The predicted octanol–water partition coefficient (Wildman–Crippen LogP) is 1.94. The molecular formula is C10H12BrNO2. The summed E-state index contributed by atoms with van der Waals surface area (Å²) in [5.74, 6) is 0.250. The second-order valence-electron chi connectivity index (χ2n) is 3.52. The molecule has 1 unspecified atom stereocenters. The van der Waals surface area contributed by atoms with Gasteiger partial charge in [-0.2, -0.15) is 0 Å². The van der Waals surface area contributed by atoms with Crippen molar-refractivity contribution in [2.75, 3.05) is 13.1 Å². The summed E-state index contributed by atoms with van der Waals surface area (Å²) in [6, 6.07) is 3.26. The van der Waals surface area contributed by atoms with Gasteiger partial charge in [-0.25, -0.2) is 0 Å². The van der Waals surface area contributed by atoms with Gasteiger partial charge in [0.05, 0.1) is 0 Å². The Kier molecular flexibility index (Phi) is 2.65. The van der Waals surface area contributed by atoms with E-state index in [1.807, 2.05) is 0 Å². The number of hydrogen-bond acceptors (Lipinski definition) is 3. The topological polar surface area (TPSA) is 52.5 Å². The van der Waals surface area contributed by atoms with Crippen LogP contribution in [0.4, 0.5) is 0 Å². The van der Waals surface area contributed by atoms with Crippen molar-refractivity contribution in [1.29, 1.82) is 0 Å². The molecule has 3 nitrogen and oxygen atoms in total. The van der Waals surface area contributed by atoms with Gasteiger partial charge in [-0.05, 0) is 25.1 Å². The summed E-state index contributed by atoms with van der Waals surface area (Å²) in [6.45, 7) is 1.82. The number of hydrogen-bond donors (Lipinski definition) is 3. The minimum atomic E-state index is -0.0462. The zero-order chi connectivity index (χ0) is 10.1. The van der Waals surface area contributed by atoms with Crippen LogP contribution in [0.1, 0.15) is 17.9 Å². The van der Waals surface area contributed by atoms with Gasteiger partial charge in [-0.3, -0.25) is 0 Å². The number of benzene rings is 1. The molecule has 0 aromatic heterocycles. The molecule has 1 aromatic carbocycles. The summed E-state index contributed by atoms with van der Waals surface area (Å²) in [5.41, 5.74) is 0.815. The smallest absolute Gasteiger partial charge is 0.162 e. The Balaban J connectivity index is 2.44. The predicted molar refractivity (Wildman–Crippen MR) is 57.7 cm³/mol. The molecule has 1 saturated heterocycles. The average molecular weight is 258 g/mol. The molecule has 3 N–H and O–H groups in total. The van der Waals surface area contributed by atoms with Gasteiger partial charge < -0.3 is 15.5 Å². The second-order valence-corrected chi connectivity index (χ2v) is 4.37. The van der Waals surface area contributed by atoms with Crippen molar-refractivity contribution in [3.05, 3.63) is 22.2 Å². The molecule has 0 radical (unpaired) electrons. The van der Waals surface area contributed by atoms with E-state index < -0.39 is 0 Å². The van der Waals surface area contributed by atoms with Crippen molar-refractivity contribution in [3.63, 3.8) is 0 Å². The first-order valence-corrected chi connectivity index (χ1v) is 5.40. The average Bonchev–Trinajstić information content (AvgIpc) is 2.65. The molecule has 0 spiro atoms. The molecule has 1 aliphatic heterocycles. The lowest BCUT2D eigenvalue weighted by Gasteiger charge is -2.13. The van der Waals surface area contributed by atoms with Crippen LogP contribution >= 0.6 is 15.9 Å². The Morgan fingerprint density at radius 3 is 2.79 bits per heavy atom. The molecule has 2 rings (SSSR count). The fourth-order valence-electron chi connectivity index (χ4n) is 1.86. The fraction of sp³-hybridized carbons (Fsp3) is 0.400. The summed E-state index contributed by atoms with van der Waals surface area (Å²) in [5, 5.41) is 22.4. The molecule has 1 heterocycles. The molecule has 76 valence electrons. The molecule has 4 heteroatoms. The quantitative estimate of drug-likeness (QED) is 0.675. The van der Waals surface area contributed by atoms with Gasteiger partial charge in [0.25, 0.3) is 0 Å². The minimum Gasteiger partial charge on any atom is -0.504 e. The Labute approximate surface area is 90.9 Å². The van der Waals surface area contributed by atoms with Gasteiger partial charge >= 0.3 is 0 Å². The highest BCUT2D eigenvalue weighted by Crippen LogP contribution is 2.40. The molecule has 1 aromatic rings. The Bertz CT molecular complexity index is 348. The van der Waals surface area contributed by atoms with Crippen LogP contribution in [0.2, 0.25) is 0 Å². The normalized spacial score (nSPS) is 21.4. The molecule has 1 aliphatic rings. The molecule has 0 saturated carbocycles. The molecule has 0 aliphatic carbocycles. The van der Waals surface area contributed by atoms with E-state index in [1.165, 1.54) is 6.07 Å². The van der Waals surface area contributed by atoms with Crippen LogP contribution < -0.4 is 5.32 Å². The third kappa shape index (κ3) is 1.60. The first-order chi connectivity index (χ1) is 6.70. The maximum absolute atomic E-state index is 9.73. The number of halogens is 1. The number of phenolic OH excluding ortho intramolecular Hbond substituents is 2. The summed E-state index contributed by atoms with van der Waals surface area (Å²) in [4.78, 5) is 0. The van der Waals surface area contributed by atoms with Crippen molar-refractivity contribution >= 4 is 15.9 Å². The zero-order valence-electron chi connectivity index (χ0n) is 7.63. The lowest BCUT2D eigenvalue weighted by molar-refractivity contribution is 0.396. The van der Waals surface area contributed by atoms with Crippen molar-refractivity contribution in [1.82, 2.24) is 5.32 Å². The van der Waals surface area contributed by atoms with Crippen LogP contribution in [0, 0.1) is 0 Å². The molecule has 1 fully saturated rings. The molecule has 1 atom stereocenters. The zero-order valence-corrected chi connectivity index (χ0v) is 9.21. The van der Waals surface area contributed by atoms with Crippen molar-refractivity contribution < 1.29 is 10.2 Å². The number of nitrogens with one attached hydrogen (secondary N) is 1. The molecule has 14 heavy (non-hydrogen) atoms. The van der Waals surface area contributed by atoms with E-state index in [4.69, 9.17) is 0 Å². The number of phenols is 2. The SMILES string of the molecule is Oc1ccc(Br)c(C2CCNC2)c1O. The molecular weight excluding hydrogens is 246 g/mol. The monoisotopic (exact) mass is 257 g/mol. The van der Waals surface area contributed by atoms with E-state index in [0.29, 0.717) is 0 Å². The van der Waals surface area contributed by atoms with E-state index in [1.54, 1.807) is 6.07 Å². The lowest BCUT2D eigenvalue weighted by Crippen LogP contribution is -2.08. The van der Waals surface area contributed by atoms with Crippen molar-refractivity contribution in [2.24, 2.45) is 0 Å². The van der Waals surface area contributed by atoms with Crippen LogP contribution in [0.25, 0.3) is 0 Å². The van der Waals surface area contributed by atoms with Gasteiger partial charge in [0.2, 0.25) is 0 Å². The molecule has 0 bridgehead atoms. The van der Waals surface area contributed by atoms with E-state index in [2.05, 4.69) is 21.2 Å². The first-order valence-electron chi connectivity index (χ1n) is 4.61. The summed E-state index contributed by atoms with van der Waals surface area (Å²) >= 11 is 3.39. The minimum absolute atomic E-state index is 0.00748. The third-order valence-electron chi connectivity index (χ3n) is 2.61. The third-order valence-corrected chi connectivity index (χ3v) is 3.30. The maximum atomic E-state index is 9.73. The highest BCUT2D eigenvalue weighted by Gasteiger charge is 2.23. The van der Waals surface area contributed by atoms with Crippen LogP contribution in [0.3, 0.4) is 0 Å². The summed E-state index contributed by atoms with van der Waals surface area (Å²) < 4.78 is 0.862. The molecule has 0 amide bonds. The first kappa shape index (κ1) is 9.80. The van der Waals surface area contributed by atoms with Gasteiger partial charge in [-0.1, -0.05) is 15.9 Å². The summed E-state index contributed by atoms with van der Waals surface area (Å²) in [7, 11) is 0. The lowest BCUT2D eigenvalue weighted by atomic mass is 9.97. The Morgan fingerprint density at radius 2 is 2.14 bits per heavy atom. The summed E-state index contributed by atoms with van der Waals surface area (Å²) in [6.07, 6.45) is 0.996. The largest absolute Gasteiger partial charge is 0.504 e. The van der Waals surface area contributed by atoms with E-state index in [9.17, 15) is 10.2 Å². The van der Waals surface area contributed by atoms with E-state index in [0.717, 1.165) is 29.5 Å². The highest BCUT2D eigenvalue weighted by atomic mass is 79.9. The van der Waals surface area contributed by atoms with Crippen molar-refractivity contribution in [2.45, 2.75) is 12.3 Å². The van der Waals surface area contributed by atoms with Gasteiger partial charge in [-0.15, -0.1) is 0 Å². The van der Waals surface area contributed by atoms with Crippen LogP contribution in [0.5, 0.6) is 11.5 Å². The van der Waals surface area contributed by atoms with Crippen molar-refractivity contribution in [3.8, 4) is 11.5 Å². The van der Waals surface area contributed by atoms with Gasteiger partial charge in [0, 0.05) is 22.5 Å². The van der Waals surface area contributed by atoms with E-state index in [-0.39, 0.29) is 17.4 Å². The van der Waals surface area contributed by atoms with Gasteiger partial charge in [0.1, 0.15) is 0 Å². The standard InChI is InChI=1S/C10H12BrNO2/c11-7-1-2-8(13)10(14)9(7)6-3-4-12-5-6/h1-2,6,12-14H,3-5H2. The number of aromatic hydroxyl groups is 2. The van der Waals surface area contributed by atoms with Gasteiger partial charge in [0.15, 0.2) is 11.5 Å². The Morgan fingerprint density at radius 1 is 1.36 bits per heavy atom. The fourth-order valence-corrected chi connectivity index (χ4v) is 2.50. The maximum Gasteiger partial charge on any atom is 0.162 e. The number of rotatable bonds is 1. The van der Waals surface area contributed by atoms with Crippen LogP contribution in [-0.2, 0) is 0 Å². The van der Waals surface area contributed by atoms with Crippen LogP contribution in [-0.4, -0.2) is 23.3 Å². The second kappa shape index (κ2) is 3.79. The van der Waals surface area contributed by atoms with E-state index >= 15 is 0 Å². The van der Waals surface area contributed by atoms with Crippen LogP contribution in [0.15, 0.2) is 16.6 Å². The highest BCUT2D eigenvalue weighted by molar-refractivity contribution is 9.10.